The van der Waals surface area contributed by atoms with E-state index in [0.29, 0.717) is 12.1 Å². The van der Waals surface area contributed by atoms with Crippen LogP contribution in [0.5, 0.6) is 0 Å². The monoisotopic (exact) mass is 499 g/mol. The lowest BCUT2D eigenvalue weighted by molar-refractivity contribution is 0.0260. The van der Waals surface area contributed by atoms with E-state index in [9.17, 15) is 0 Å². The molecule has 0 aliphatic carbocycles. The van der Waals surface area contributed by atoms with Crippen LogP contribution in [-0.4, -0.2) is 69.5 Å². The van der Waals surface area contributed by atoms with Gasteiger partial charge in [-0.25, -0.2) is 0 Å². The highest BCUT2D eigenvalue weighted by Crippen LogP contribution is 2.37. The molecule has 190 valence electrons. The normalized spacial score (nSPS) is 21.8. The molecule has 2 saturated heterocycles. The summed E-state index contributed by atoms with van der Waals surface area (Å²) in [5.74, 6) is 0. The minimum absolute atomic E-state index is 0.0119. The predicted molar refractivity (Wildman–Crippen MR) is 152 cm³/mol. The molecule has 4 nitrogen and oxygen atoms in total. The molecule has 36 heavy (non-hydrogen) atoms. The van der Waals surface area contributed by atoms with Crippen molar-refractivity contribution in [2.75, 3.05) is 39.3 Å². The Hall–Kier alpha value is -2.28. The van der Waals surface area contributed by atoms with Crippen molar-refractivity contribution in [3.05, 3.63) is 96.6 Å². The second-order valence-corrected chi connectivity index (χ2v) is 15.7. The molecule has 0 aromatic heterocycles. The first kappa shape index (κ1) is 25.4. The highest BCUT2D eigenvalue weighted by Gasteiger charge is 2.51. The van der Waals surface area contributed by atoms with Gasteiger partial charge in [0.1, 0.15) is 0 Å². The number of rotatable bonds is 8. The Balaban J connectivity index is 1.27. The summed E-state index contributed by atoms with van der Waals surface area (Å²) in [6, 6.07) is 33.8. The van der Waals surface area contributed by atoms with Crippen molar-refractivity contribution in [3.63, 3.8) is 0 Å². The molecule has 5 rings (SSSR count). The van der Waals surface area contributed by atoms with Crippen molar-refractivity contribution in [2.24, 2.45) is 0 Å². The van der Waals surface area contributed by atoms with Crippen LogP contribution in [0, 0.1) is 0 Å². The van der Waals surface area contributed by atoms with E-state index in [-0.39, 0.29) is 5.04 Å². The van der Waals surface area contributed by atoms with Crippen LogP contribution >= 0.6 is 0 Å². The molecule has 2 aliphatic rings. The van der Waals surface area contributed by atoms with Crippen molar-refractivity contribution in [2.45, 2.75) is 44.4 Å². The lowest BCUT2D eigenvalue weighted by Crippen LogP contribution is -2.72. The van der Waals surface area contributed by atoms with Crippen LogP contribution in [0.2, 0.25) is 5.04 Å². The zero-order chi connectivity index (χ0) is 25.0. The highest BCUT2D eigenvalue weighted by atomic mass is 28.4. The summed E-state index contributed by atoms with van der Waals surface area (Å²) in [4.78, 5) is 5.28. The van der Waals surface area contributed by atoms with Crippen molar-refractivity contribution < 1.29 is 4.43 Å². The van der Waals surface area contributed by atoms with Gasteiger partial charge in [-0.15, -0.1) is 0 Å². The Kier molecular flexibility index (Phi) is 7.75. The third kappa shape index (κ3) is 5.22. The van der Waals surface area contributed by atoms with Crippen molar-refractivity contribution in [3.8, 4) is 0 Å². The fraction of sp³-hybridized carbons (Fsp3) is 0.419. The maximum Gasteiger partial charge on any atom is 0.261 e. The Morgan fingerprint density at radius 3 is 1.78 bits per heavy atom. The smallest absolute Gasteiger partial charge is 0.261 e. The average Bonchev–Trinajstić information content (AvgIpc) is 2.88. The molecule has 2 unspecified atom stereocenters. The molecule has 1 N–H and O–H groups in total. The fourth-order valence-corrected chi connectivity index (χ4v) is 10.6. The van der Waals surface area contributed by atoms with Gasteiger partial charge in [0.25, 0.3) is 8.32 Å². The van der Waals surface area contributed by atoms with Crippen LogP contribution in [0.15, 0.2) is 91.0 Å². The highest BCUT2D eigenvalue weighted by molar-refractivity contribution is 6.99. The Labute approximate surface area is 218 Å². The summed E-state index contributed by atoms with van der Waals surface area (Å²) in [6.45, 7) is 14.5. The van der Waals surface area contributed by atoms with Gasteiger partial charge in [0.05, 0.1) is 6.61 Å². The molecule has 0 saturated carbocycles. The van der Waals surface area contributed by atoms with Crippen LogP contribution in [0.1, 0.15) is 26.3 Å². The van der Waals surface area contributed by atoms with E-state index in [4.69, 9.17) is 4.43 Å². The van der Waals surface area contributed by atoms with E-state index in [1.165, 1.54) is 15.9 Å². The van der Waals surface area contributed by atoms with Crippen LogP contribution < -0.4 is 15.7 Å². The summed E-state index contributed by atoms with van der Waals surface area (Å²) >= 11 is 0. The summed E-state index contributed by atoms with van der Waals surface area (Å²) < 4.78 is 7.23. The van der Waals surface area contributed by atoms with Crippen LogP contribution in [0.25, 0.3) is 0 Å². The quantitative estimate of drug-likeness (QED) is 0.478. The molecular weight excluding hydrogens is 458 g/mol. The zero-order valence-electron chi connectivity index (χ0n) is 22.1. The van der Waals surface area contributed by atoms with Gasteiger partial charge in [-0.05, 0) is 21.0 Å². The van der Waals surface area contributed by atoms with Gasteiger partial charge in [-0.1, -0.05) is 112 Å². The zero-order valence-corrected chi connectivity index (χ0v) is 23.1. The van der Waals surface area contributed by atoms with Crippen molar-refractivity contribution in [1.29, 1.82) is 0 Å². The Morgan fingerprint density at radius 1 is 0.778 bits per heavy atom. The van der Waals surface area contributed by atoms with E-state index in [1.807, 2.05) is 0 Å². The predicted octanol–water partition coefficient (Wildman–Crippen LogP) is 3.72. The molecular formula is C31H41N3OSi. The van der Waals surface area contributed by atoms with E-state index >= 15 is 0 Å². The van der Waals surface area contributed by atoms with E-state index < -0.39 is 8.32 Å². The molecule has 3 aromatic rings. The number of nitrogens with one attached hydrogen (secondary N) is 1. The Bertz CT molecular complexity index is 1040. The molecule has 0 spiro atoms. The van der Waals surface area contributed by atoms with Gasteiger partial charge < -0.3 is 9.74 Å². The first-order valence-corrected chi connectivity index (χ1v) is 15.4. The summed E-state index contributed by atoms with van der Waals surface area (Å²) in [6.07, 6.45) is 0. The standard InChI is InChI=1S/C31H41N3OSi/c1-31(2,3)36(27-15-9-5-10-16-27,28-17-11-6-12-18-28)35-25-29-30(23-32-29)34-21-19-33(20-22-34)24-26-13-7-4-8-14-26/h4-18,29-30,32H,19-25H2,1-3H3. The van der Waals surface area contributed by atoms with Gasteiger partial charge in [0.15, 0.2) is 0 Å². The molecule has 2 fully saturated rings. The number of hydrogen-bond donors (Lipinski definition) is 1. The summed E-state index contributed by atoms with van der Waals surface area (Å²) in [7, 11) is -2.49. The molecule has 0 radical (unpaired) electrons. The molecule has 5 heteroatoms. The van der Waals surface area contributed by atoms with Gasteiger partial charge in [0, 0.05) is 51.4 Å². The molecule has 2 atom stereocenters. The third-order valence-electron chi connectivity index (χ3n) is 8.07. The number of piperazine rings is 1. The lowest BCUT2D eigenvalue weighted by atomic mass is 9.98. The van der Waals surface area contributed by atoms with Crippen molar-refractivity contribution in [1.82, 2.24) is 15.1 Å². The molecule has 2 aliphatic heterocycles. The first-order chi connectivity index (χ1) is 17.5. The van der Waals surface area contributed by atoms with Crippen LogP contribution in [0.3, 0.4) is 0 Å². The second-order valence-electron chi connectivity index (χ2n) is 11.4. The largest absolute Gasteiger partial charge is 0.406 e. The first-order valence-electron chi connectivity index (χ1n) is 13.5. The van der Waals surface area contributed by atoms with Crippen LogP contribution in [-0.2, 0) is 11.0 Å². The number of benzene rings is 3. The van der Waals surface area contributed by atoms with Crippen LogP contribution in [0.4, 0.5) is 0 Å². The third-order valence-corrected chi connectivity index (χ3v) is 13.1. The molecule has 0 amide bonds. The topological polar surface area (TPSA) is 27.7 Å². The minimum Gasteiger partial charge on any atom is -0.406 e. The number of hydrogen-bond acceptors (Lipinski definition) is 4. The maximum atomic E-state index is 7.23. The number of nitrogens with zero attached hydrogens (tertiary/aromatic N) is 2. The fourth-order valence-electron chi connectivity index (χ4n) is 6.01. The molecule has 3 aromatic carbocycles. The molecule has 2 heterocycles. The molecule has 0 bridgehead atoms. The van der Waals surface area contributed by atoms with Crippen molar-refractivity contribution >= 4 is 18.7 Å². The maximum absolute atomic E-state index is 7.23. The van der Waals surface area contributed by atoms with Gasteiger partial charge in [-0.2, -0.15) is 0 Å². The van der Waals surface area contributed by atoms with E-state index in [0.717, 1.165) is 45.9 Å². The summed E-state index contributed by atoms with van der Waals surface area (Å²) in [5, 5.41) is 6.44. The minimum atomic E-state index is -2.49. The average molecular weight is 500 g/mol. The summed E-state index contributed by atoms with van der Waals surface area (Å²) in [5.41, 5.74) is 1.41. The van der Waals surface area contributed by atoms with E-state index in [1.54, 1.807) is 0 Å². The SMILES string of the molecule is CC(C)(C)[Si](OCC1NCC1N1CCN(Cc2ccccc2)CC1)(c1ccccc1)c1ccccc1. The van der Waals surface area contributed by atoms with Gasteiger partial charge in [-0.3, -0.25) is 9.80 Å². The van der Waals surface area contributed by atoms with Gasteiger partial charge in [0.2, 0.25) is 0 Å². The lowest BCUT2D eigenvalue weighted by Gasteiger charge is -2.50. The van der Waals surface area contributed by atoms with Gasteiger partial charge >= 0.3 is 0 Å². The van der Waals surface area contributed by atoms with E-state index in [2.05, 4.69) is 127 Å². The second kappa shape index (κ2) is 11.0. The Morgan fingerprint density at radius 2 is 1.31 bits per heavy atom.